The Hall–Kier alpha value is -1.33. The van der Waals surface area contributed by atoms with Crippen molar-refractivity contribution in [1.29, 1.82) is 0 Å². The summed E-state index contributed by atoms with van der Waals surface area (Å²) in [6.45, 7) is 0.724. The van der Waals surface area contributed by atoms with E-state index < -0.39 is 0 Å². The largest absolute Gasteiger partial charge is 0.364 e. The zero-order valence-corrected chi connectivity index (χ0v) is 6.59. The lowest BCUT2D eigenvalue weighted by Crippen LogP contribution is -1.92. The lowest BCUT2D eigenvalue weighted by molar-refractivity contribution is 0.153. The first kappa shape index (κ1) is 8.76. The molecule has 0 heterocycles. The van der Waals surface area contributed by atoms with Crippen molar-refractivity contribution in [2.45, 2.75) is 6.61 Å². The van der Waals surface area contributed by atoms with Crippen LogP contribution in [0.2, 0.25) is 0 Å². The zero-order valence-electron chi connectivity index (χ0n) is 6.59. The Morgan fingerprint density at radius 2 is 2.00 bits per heavy atom. The fourth-order valence-corrected chi connectivity index (χ4v) is 0.808. The molecule has 12 heavy (non-hydrogen) atoms. The Balaban J connectivity index is 2.43. The predicted octanol–water partition coefficient (Wildman–Crippen LogP) is 1.98. The van der Waals surface area contributed by atoms with Crippen LogP contribution in [0.3, 0.4) is 0 Å². The van der Waals surface area contributed by atoms with Crippen LogP contribution in [0.25, 0.3) is 0 Å². The van der Waals surface area contributed by atoms with Gasteiger partial charge >= 0.3 is 0 Å². The first-order chi connectivity index (χ1) is 5.83. The van der Waals surface area contributed by atoms with Crippen molar-refractivity contribution in [2.24, 2.45) is 0 Å². The van der Waals surface area contributed by atoms with Crippen molar-refractivity contribution in [3.63, 3.8) is 0 Å². The van der Waals surface area contributed by atoms with Gasteiger partial charge in [0.05, 0.1) is 6.61 Å². The molecule has 0 radical (unpaired) electrons. The molecule has 0 saturated heterocycles. The van der Waals surface area contributed by atoms with Crippen LogP contribution < -0.4 is 0 Å². The molecule has 0 aliphatic rings. The second-order valence-corrected chi connectivity index (χ2v) is 2.32. The number of ether oxygens (including phenoxy) is 1. The average molecular weight is 164 g/mol. The van der Waals surface area contributed by atoms with Crippen molar-refractivity contribution in [3.8, 4) is 12.3 Å². The minimum absolute atomic E-state index is 0.240. The number of rotatable bonds is 3. The third-order valence-corrected chi connectivity index (χ3v) is 1.37. The molecule has 0 saturated carbocycles. The molecule has 0 fully saturated rings. The van der Waals surface area contributed by atoms with Gasteiger partial charge in [0.1, 0.15) is 12.4 Å². The monoisotopic (exact) mass is 164 g/mol. The first-order valence-electron chi connectivity index (χ1n) is 3.58. The average Bonchev–Trinajstić information content (AvgIpc) is 2.09. The highest BCUT2D eigenvalue weighted by molar-refractivity contribution is 5.14. The van der Waals surface area contributed by atoms with Crippen LogP contribution in [-0.4, -0.2) is 6.61 Å². The molecule has 0 bridgehead atoms. The quantitative estimate of drug-likeness (QED) is 0.490. The van der Waals surface area contributed by atoms with E-state index in [2.05, 4.69) is 5.92 Å². The van der Waals surface area contributed by atoms with E-state index in [9.17, 15) is 4.39 Å². The van der Waals surface area contributed by atoms with Gasteiger partial charge in [-0.3, -0.25) is 0 Å². The van der Waals surface area contributed by atoms with Crippen molar-refractivity contribution < 1.29 is 9.13 Å². The van der Waals surface area contributed by atoms with E-state index in [1.807, 2.05) is 0 Å². The Morgan fingerprint density at radius 1 is 1.33 bits per heavy atom. The molecular formula is C10H9FO. The van der Waals surface area contributed by atoms with Gasteiger partial charge in [-0.2, -0.15) is 0 Å². The van der Waals surface area contributed by atoms with Crippen LogP contribution in [0.5, 0.6) is 0 Å². The maximum Gasteiger partial charge on any atom is 0.123 e. The van der Waals surface area contributed by atoms with Crippen LogP contribution >= 0.6 is 0 Å². The maximum atomic E-state index is 12.4. The van der Waals surface area contributed by atoms with Gasteiger partial charge in [0.25, 0.3) is 0 Å². The summed E-state index contributed by atoms with van der Waals surface area (Å²) in [5.41, 5.74) is 0.923. The SMILES string of the molecule is C#CCOCc1ccc(F)cc1. The molecule has 62 valence electrons. The van der Waals surface area contributed by atoms with Gasteiger partial charge in [0, 0.05) is 0 Å². The normalized spacial score (nSPS) is 9.33. The van der Waals surface area contributed by atoms with Gasteiger partial charge in [-0.05, 0) is 17.7 Å². The molecule has 0 aromatic heterocycles. The van der Waals surface area contributed by atoms with Gasteiger partial charge < -0.3 is 4.74 Å². The molecule has 0 aliphatic heterocycles. The Bertz CT molecular complexity index is 271. The van der Waals surface area contributed by atoms with Gasteiger partial charge in [0.15, 0.2) is 0 Å². The lowest BCUT2D eigenvalue weighted by atomic mass is 10.2. The zero-order chi connectivity index (χ0) is 8.81. The molecular weight excluding hydrogens is 155 g/mol. The van der Waals surface area contributed by atoms with E-state index in [0.29, 0.717) is 6.61 Å². The molecule has 0 aliphatic carbocycles. The second-order valence-electron chi connectivity index (χ2n) is 2.32. The highest BCUT2D eigenvalue weighted by atomic mass is 19.1. The molecule has 0 N–H and O–H groups in total. The third kappa shape index (κ3) is 2.73. The third-order valence-electron chi connectivity index (χ3n) is 1.37. The van der Waals surface area contributed by atoms with Crippen molar-refractivity contribution in [1.82, 2.24) is 0 Å². The standard InChI is InChI=1S/C10H9FO/c1-2-7-12-8-9-3-5-10(11)6-4-9/h1,3-6H,7-8H2. The van der Waals surface area contributed by atoms with Crippen LogP contribution in [0.15, 0.2) is 24.3 Å². The topological polar surface area (TPSA) is 9.23 Å². The smallest absolute Gasteiger partial charge is 0.123 e. The number of hydrogen-bond donors (Lipinski definition) is 0. The maximum absolute atomic E-state index is 12.4. The predicted molar refractivity (Wildman–Crippen MR) is 44.9 cm³/mol. The van der Waals surface area contributed by atoms with E-state index in [-0.39, 0.29) is 12.4 Å². The number of hydrogen-bond acceptors (Lipinski definition) is 1. The van der Waals surface area contributed by atoms with Crippen molar-refractivity contribution in [3.05, 3.63) is 35.6 Å². The summed E-state index contributed by atoms with van der Waals surface area (Å²) >= 11 is 0. The van der Waals surface area contributed by atoms with Crippen molar-refractivity contribution in [2.75, 3.05) is 6.61 Å². The highest BCUT2D eigenvalue weighted by Gasteiger charge is 1.92. The Labute approximate surface area is 71.2 Å². The van der Waals surface area contributed by atoms with E-state index >= 15 is 0 Å². The lowest BCUT2D eigenvalue weighted by Gasteiger charge is -1.99. The summed E-state index contributed by atoms with van der Waals surface area (Å²) in [5.74, 6) is 2.11. The van der Waals surface area contributed by atoms with E-state index in [1.165, 1.54) is 12.1 Å². The van der Waals surface area contributed by atoms with Gasteiger partial charge in [-0.1, -0.05) is 18.1 Å². The number of halogens is 1. The first-order valence-corrected chi connectivity index (χ1v) is 3.58. The molecule has 0 atom stereocenters. The highest BCUT2D eigenvalue weighted by Crippen LogP contribution is 2.03. The molecule has 2 heteroatoms. The molecule has 1 nitrogen and oxygen atoms in total. The summed E-state index contributed by atoms with van der Waals surface area (Å²) in [4.78, 5) is 0. The molecule has 1 aromatic carbocycles. The second kappa shape index (κ2) is 4.53. The molecule has 0 spiro atoms. The van der Waals surface area contributed by atoms with Crippen LogP contribution in [0.1, 0.15) is 5.56 Å². The van der Waals surface area contributed by atoms with Crippen LogP contribution in [-0.2, 0) is 11.3 Å². The van der Waals surface area contributed by atoms with Crippen LogP contribution in [0.4, 0.5) is 4.39 Å². The minimum Gasteiger partial charge on any atom is -0.364 e. The summed E-state index contributed by atoms with van der Waals surface area (Å²) in [5, 5.41) is 0. The summed E-state index contributed by atoms with van der Waals surface area (Å²) in [6.07, 6.45) is 4.98. The summed E-state index contributed by atoms with van der Waals surface area (Å²) < 4.78 is 17.5. The number of benzene rings is 1. The molecule has 0 amide bonds. The van der Waals surface area contributed by atoms with Gasteiger partial charge in [0.2, 0.25) is 0 Å². The molecule has 0 unspecified atom stereocenters. The molecule has 1 rings (SSSR count). The Kier molecular flexibility index (Phi) is 3.31. The number of terminal acetylenes is 1. The van der Waals surface area contributed by atoms with Crippen molar-refractivity contribution >= 4 is 0 Å². The minimum atomic E-state index is -0.240. The fourth-order valence-electron chi connectivity index (χ4n) is 0.808. The summed E-state index contributed by atoms with van der Waals surface area (Å²) in [6, 6.07) is 6.14. The van der Waals surface area contributed by atoms with Gasteiger partial charge in [-0.15, -0.1) is 6.42 Å². The fraction of sp³-hybridized carbons (Fsp3) is 0.200. The van der Waals surface area contributed by atoms with E-state index in [4.69, 9.17) is 11.2 Å². The molecule has 1 aromatic rings. The van der Waals surface area contributed by atoms with E-state index in [1.54, 1.807) is 12.1 Å². The summed E-state index contributed by atoms with van der Waals surface area (Å²) in [7, 11) is 0. The van der Waals surface area contributed by atoms with Crippen LogP contribution in [0, 0.1) is 18.2 Å². The van der Waals surface area contributed by atoms with E-state index in [0.717, 1.165) is 5.56 Å². The van der Waals surface area contributed by atoms with Gasteiger partial charge in [-0.25, -0.2) is 4.39 Å². The Morgan fingerprint density at radius 3 is 2.58 bits per heavy atom.